The molecule has 3 aromatic rings. The van der Waals surface area contributed by atoms with E-state index in [1.54, 1.807) is 4.40 Å². The molecule has 3 heterocycles. The molecule has 3 aromatic heterocycles. The van der Waals surface area contributed by atoms with Crippen LogP contribution < -0.4 is 22.6 Å². The van der Waals surface area contributed by atoms with Crippen LogP contribution in [0.3, 0.4) is 0 Å². The summed E-state index contributed by atoms with van der Waals surface area (Å²) in [5.74, 6) is 0. The van der Waals surface area contributed by atoms with Gasteiger partial charge in [0, 0.05) is 16.6 Å². The minimum atomic E-state index is -0.766. The molecule has 0 amide bonds. The minimum Gasteiger partial charge on any atom is -0.269 e. The number of thiazole rings is 1. The summed E-state index contributed by atoms with van der Waals surface area (Å²) in [6, 6.07) is 1.35. The quantitative estimate of drug-likeness (QED) is 0.535. The van der Waals surface area contributed by atoms with Crippen LogP contribution in [0.15, 0.2) is 50.6 Å². The van der Waals surface area contributed by atoms with Crippen LogP contribution in [0.2, 0.25) is 0 Å². The van der Waals surface area contributed by atoms with Gasteiger partial charge in [-0.1, -0.05) is 12.2 Å². The van der Waals surface area contributed by atoms with Gasteiger partial charge in [0.15, 0.2) is 4.96 Å². The van der Waals surface area contributed by atoms with Crippen molar-refractivity contribution in [2.24, 2.45) is 0 Å². The molecule has 9 nitrogen and oxygen atoms in total. The van der Waals surface area contributed by atoms with Gasteiger partial charge in [-0.05, 0) is 25.7 Å². The lowest BCUT2D eigenvalue weighted by Crippen LogP contribution is -2.54. The van der Waals surface area contributed by atoms with Crippen LogP contribution in [0.5, 0.6) is 0 Å². The molecule has 0 spiro atoms. The highest BCUT2D eigenvalue weighted by molar-refractivity contribution is 7.17. The summed E-state index contributed by atoms with van der Waals surface area (Å²) in [4.78, 5) is 57.1. The first-order valence-electron chi connectivity index (χ1n) is 9.65. The molecule has 0 saturated carbocycles. The molecule has 10 heteroatoms. The molecule has 30 heavy (non-hydrogen) atoms. The highest BCUT2D eigenvalue weighted by Crippen LogP contribution is 2.28. The number of hydrogen-bond donors (Lipinski definition) is 0. The van der Waals surface area contributed by atoms with Crippen molar-refractivity contribution >= 4 is 16.3 Å². The molecule has 0 fully saturated rings. The van der Waals surface area contributed by atoms with Crippen molar-refractivity contribution in [1.29, 1.82) is 0 Å². The zero-order valence-corrected chi connectivity index (χ0v) is 17.2. The number of rotatable bonds is 6. The van der Waals surface area contributed by atoms with Crippen LogP contribution in [-0.2, 0) is 32.5 Å². The van der Waals surface area contributed by atoms with Crippen molar-refractivity contribution in [3.63, 3.8) is 0 Å². The normalized spacial score (nSPS) is 13.3. The second-order valence-electron chi connectivity index (χ2n) is 7.12. The largest absolute Gasteiger partial charge is 0.336 e. The predicted octanol–water partition coefficient (Wildman–Crippen LogP) is 0.540. The summed E-state index contributed by atoms with van der Waals surface area (Å²) in [5.41, 5.74) is -1.18. The molecule has 0 N–H and O–H groups in total. The summed E-state index contributed by atoms with van der Waals surface area (Å²) in [7, 11) is 0. The Morgan fingerprint density at radius 1 is 0.933 bits per heavy atom. The Balaban J connectivity index is 1.87. The second-order valence-corrected chi connectivity index (χ2v) is 8.18. The van der Waals surface area contributed by atoms with Crippen molar-refractivity contribution in [2.45, 2.75) is 45.3 Å². The molecule has 0 aromatic carbocycles. The fourth-order valence-electron chi connectivity index (χ4n) is 3.77. The van der Waals surface area contributed by atoms with Crippen LogP contribution in [0.1, 0.15) is 29.1 Å². The van der Waals surface area contributed by atoms with Crippen LogP contribution in [0.4, 0.5) is 0 Å². The topological polar surface area (TPSA) is 100 Å². The molecule has 1 aliphatic rings. The lowest BCUT2D eigenvalue weighted by atomic mass is 10.0. The average Bonchev–Trinajstić information content (AvgIpc) is 3.10. The zero-order chi connectivity index (χ0) is 21.4. The van der Waals surface area contributed by atoms with E-state index in [0.29, 0.717) is 10.7 Å². The molecular formula is C20H21N5O4S. The predicted molar refractivity (Wildman–Crippen MR) is 115 cm³/mol. The van der Waals surface area contributed by atoms with Crippen LogP contribution in [0, 0.1) is 0 Å². The third-order valence-electron chi connectivity index (χ3n) is 5.14. The monoisotopic (exact) mass is 427 g/mol. The van der Waals surface area contributed by atoms with Crippen molar-refractivity contribution in [2.75, 3.05) is 0 Å². The van der Waals surface area contributed by atoms with E-state index in [1.165, 1.54) is 29.6 Å². The van der Waals surface area contributed by atoms with Gasteiger partial charge in [0.2, 0.25) is 0 Å². The standard InChI is InChI=1S/C20H21N5O4S/c1-3-9-22-18(27)23(10-4-2)20(29)24(19(22)28)12-13-11-16(26)25-14-7-5-6-8-15(14)30-17(25)21-13/h3-4,11H,1-2,5-10,12H2. The van der Waals surface area contributed by atoms with Gasteiger partial charge in [-0.25, -0.2) is 33.1 Å². The fourth-order valence-corrected chi connectivity index (χ4v) is 5.01. The third-order valence-corrected chi connectivity index (χ3v) is 6.29. The Labute approximate surface area is 174 Å². The van der Waals surface area contributed by atoms with Gasteiger partial charge in [0.1, 0.15) is 0 Å². The number of aromatic nitrogens is 5. The maximum atomic E-state index is 12.8. The molecule has 0 atom stereocenters. The Hall–Kier alpha value is -3.27. The first kappa shape index (κ1) is 20.0. The van der Waals surface area contributed by atoms with Crippen LogP contribution in [-0.4, -0.2) is 23.1 Å². The molecule has 1 aliphatic carbocycles. The first-order chi connectivity index (χ1) is 14.5. The number of fused-ring (bicyclic) bond motifs is 3. The SMILES string of the molecule is C=CCn1c(=O)n(CC=C)c(=O)n(Cc2cc(=O)n3c4c(sc3n2)CCCC4)c1=O. The van der Waals surface area contributed by atoms with E-state index in [1.807, 2.05) is 0 Å². The van der Waals surface area contributed by atoms with Gasteiger partial charge >= 0.3 is 17.1 Å². The van der Waals surface area contributed by atoms with Gasteiger partial charge in [-0.3, -0.25) is 9.20 Å². The highest BCUT2D eigenvalue weighted by atomic mass is 32.1. The summed E-state index contributed by atoms with van der Waals surface area (Å²) >= 11 is 1.47. The van der Waals surface area contributed by atoms with Crippen molar-refractivity contribution in [1.82, 2.24) is 23.1 Å². The molecule has 0 radical (unpaired) electrons. The number of hydrogen-bond acceptors (Lipinski definition) is 6. The van der Waals surface area contributed by atoms with Gasteiger partial charge in [-0.15, -0.1) is 24.5 Å². The van der Waals surface area contributed by atoms with Gasteiger partial charge < -0.3 is 0 Å². The van der Waals surface area contributed by atoms with Gasteiger partial charge in [0.05, 0.1) is 25.3 Å². The smallest absolute Gasteiger partial charge is 0.269 e. The van der Waals surface area contributed by atoms with E-state index in [-0.39, 0.29) is 25.2 Å². The molecule has 0 aliphatic heterocycles. The van der Waals surface area contributed by atoms with Crippen molar-refractivity contribution in [3.8, 4) is 0 Å². The molecule has 0 saturated heterocycles. The Morgan fingerprint density at radius 3 is 2.17 bits per heavy atom. The van der Waals surface area contributed by atoms with Crippen molar-refractivity contribution in [3.05, 3.63) is 89.4 Å². The van der Waals surface area contributed by atoms with E-state index in [4.69, 9.17) is 0 Å². The first-order valence-corrected chi connectivity index (χ1v) is 10.5. The zero-order valence-electron chi connectivity index (χ0n) is 16.4. The van der Waals surface area contributed by atoms with E-state index in [9.17, 15) is 19.2 Å². The fraction of sp³-hybridized carbons (Fsp3) is 0.350. The van der Waals surface area contributed by atoms with Crippen LogP contribution in [0.25, 0.3) is 4.96 Å². The molecule has 156 valence electrons. The van der Waals surface area contributed by atoms with Crippen LogP contribution >= 0.6 is 11.3 Å². The molecule has 4 rings (SSSR count). The molecular weight excluding hydrogens is 406 g/mol. The van der Waals surface area contributed by atoms with E-state index in [2.05, 4.69) is 18.1 Å². The van der Waals surface area contributed by atoms with E-state index < -0.39 is 17.1 Å². The maximum Gasteiger partial charge on any atom is 0.336 e. The summed E-state index contributed by atoms with van der Waals surface area (Å²) in [5, 5.41) is 0. The second kappa shape index (κ2) is 7.86. The summed E-state index contributed by atoms with van der Waals surface area (Å²) < 4.78 is 4.39. The lowest BCUT2D eigenvalue weighted by Gasteiger charge is -2.12. The lowest BCUT2D eigenvalue weighted by molar-refractivity contribution is 0.495. The Morgan fingerprint density at radius 2 is 1.53 bits per heavy atom. The number of nitrogens with zero attached hydrogens (tertiary/aromatic N) is 5. The highest BCUT2D eigenvalue weighted by Gasteiger charge is 2.20. The van der Waals surface area contributed by atoms with Gasteiger partial charge in [-0.2, -0.15) is 0 Å². The van der Waals surface area contributed by atoms with E-state index >= 15 is 0 Å². The summed E-state index contributed by atoms with van der Waals surface area (Å²) in [6.45, 7) is 6.83. The summed E-state index contributed by atoms with van der Waals surface area (Å²) in [6.07, 6.45) is 6.71. The maximum absolute atomic E-state index is 12.8. The number of aryl methyl sites for hydroxylation is 2. The minimum absolute atomic E-state index is 0.0398. The molecule has 0 unspecified atom stereocenters. The van der Waals surface area contributed by atoms with Gasteiger partial charge in [0.25, 0.3) is 5.56 Å². The third kappa shape index (κ3) is 3.22. The number of allylic oxidation sites excluding steroid dienone is 2. The van der Waals surface area contributed by atoms with E-state index in [0.717, 1.165) is 50.0 Å². The Bertz CT molecular complexity index is 1350. The average molecular weight is 427 g/mol. The van der Waals surface area contributed by atoms with Crippen molar-refractivity contribution < 1.29 is 0 Å². The molecule has 0 bridgehead atoms. The Kier molecular flexibility index (Phi) is 5.25.